The molecule has 1 rings (SSSR count). The van der Waals surface area contributed by atoms with E-state index in [-0.39, 0.29) is 6.04 Å². The van der Waals surface area contributed by atoms with Crippen molar-refractivity contribution in [2.24, 2.45) is 0 Å². The molecule has 0 aliphatic carbocycles. The highest BCUT2D eigenvalue weighted by molar-refractivity contribution is 9.10. The molecule has 0 spiro atoms. The molecule has 0 aliphatic rings. The number of ether oxygens (including phenoxy) is 1. The van der Waals surface area contributed by atoms with E-state index in [1.54, 1.807) is 26.2 Å². The number of hydrogen-bond donors (Lipinski definition) is 1. The Morgan fingerprint density at radius 2 is 2.11 bits per heavy atom. The van der Waals surface area contributed by atoms with Gasteiger partial charge in [-0.3, -0.25) is 0 Å². The predicted molar refractivity (Wildman–Crippen MR) is 75.2 cm³/mol. The fraction of sp³-hybridized carbons (Fsp3) is 0.500. The van der Waals surface area contributed by atoms with Crippen LogP contribution in [0.1, 0.15) is 18.9 Å². The fourth-order valence-electron chi connectivity index (χ4n) is 1.55. The molecule has 1 unspecified atom stereocenters. The largest absolute Gasteiger partial charge is 0.385 e. The molecule has 0 saturated heterocycles. The molecule has 1 atom stereocenters. The molecular formula is C12H18BrNO3S. The first-order chi connectivity index (χ1) is 8.36. The van der Waals surface area contributed by atoms with E-state index in [1.165, 1.54) is 0 Å². The third-order valence-electron chi connectivity index (χ3n) is 2.55. The van der Waals surface area contributed by atoms with Gasteiger partial charge in [0.2, 0.25) is 10.0 Å². The van der Waals surface area contributed by atoms with Crippen LogP contribution in [-0.4, -0.2) is 28.2 Å². The maximum atomic E-state index is 12.2. The minimum atomic E-state index is -3.48. The number of halogens is 1. The number of nitrogens with one attached hydrogen (secondary N) is 1. The molecule has 0 aromatic heterocycles. The molecule has 0 saturated carbocycles. The van der Waals surface area contributed by atoms with Gasteiger partial charge in [-0.25, -0.2) is 13.1 Å². The van der Waals surface area contributed by atoms with Gasteiger partial charge in [-0.05, 0) is 38.0 Å². The Balaban J connectivity index is 2.89. The molecule has 6 heteroatoms. The van der Waals surface area contributed by atoms with E-state index < -0.39 is 10.0 Å². The molecule has 102 valence electrons. The van der Waals surface area contributed by atoms with Crippen LogP contribution in [0.2, 0.25) is 0 Å². The van der Waals surface area contributed by atoms with Crippen LogP contribution in [0.15, 0.2) is 27.6 Å². The van der Waals surface area contributed by atoms with Crippen LogP contribution in [0.3, 0.4) is 0 Å². The maximum Gasteiger partial charge on any atom is 0.241 e. The zero-order valence-corrected chi connectivity index (χ0v) is 13.1. The van der Waals surface area contributed by atoms with Crippen LogP contribution in [-0.2, 0) is 14.8 Å². The number of hydrogen-bond acceptors (Lipinski definition) is 3. The Hall–Kier alpha value is -0.430. The zero-order valence-electron chi connectivity index (χ0n) is 10.7. The summed E-state index contributed by atoms with van der Waals surface area (Å²) < 4.78 is 32.7. The fourth-order valence-corrected chi connectivity index (χ4v) is 3.61. The molecule has 0 bridgehead atoms. The zero-order chi connectivity index (χ0) is 13.8. The van der Waals surface area contributed by atoms with Crippen LogP contribution in [0.25, 0.3) is 0 Å². The monoisotopic (exact) mass is 335 g/mol. The molecule has 1 aromatic rings. The number of methoxy groups -OCH3 is 1. The summed E-state index contributed by atoms with van der Waals surface area (Å²) in [7, 11) is -1.88. The quantitative estimate of drug-likeness (QED) is 0.868. The lowest BCUT2D eigenvalue weighted by molar-refractivity contribution is 0.188. The average molecular weight is 336 g/mol. The van der Waals surface area contributed by atoms with Crippen molar-refractivity contribution >= 4 is 26.0 Å². The van der Waals surface area contributed by atoms with Gasteiger partial charge in [0.05, 0.1) is 4.90 Å². The summed E-state index contributed by atoms with van der Waals surface area (Å²) >= 11 is 3.28. The van der Waals surface area contributed by atoms with Crippen LogP contribution < -0.4 is 4.72 Å². The molecule has 0 amide bonds. The average Bonchev–Trinajstić information content (AvgIpc) is 2.29. The summed E-state index contributed by atoms with van der Waals surface area (Å²) in [6, 6.07) is 5.05. The highest BCUT2D eigenvalue weighted by Gasteiger charge is 2.19. The number of benzene rings is 1. The maximum absolute atomic E-state index is 12.2. The van der Waals surface area contributed by atoms with Crippen LogP contribution in [0.5, 0.6) is 0 Å². The lowest BCUT2D eigenvalue weighted by Crippen LogP contribution is -2.33. The van der Waals surface area contributed by atoms with Gasteiger partial charge in [0, 0.05) is 24.2 Å². The third kappa shape index (κ3) is 4.35. The molecule has 18 heavy (non-hydrogen) atoms. The number of aryl methyl sites for hydroxylation is 1. The van der Waals surface area contributed by atoms with Gasteiger partial charge in [-0.15, -0.1) is 0 Å². The van der Waals surface area contributed by atoms with Crippen molar-refractivity contribution in [1.82, 2.24) is 4.72 Å². The van der Waals surface area contributed by atoms with E-state index in [2.05, 4.69) is 20.7 Å². The molecule has 0 radical (unpaired) electrons. The van der Waals surface area contributed by atoms with E-state index in [4.69, 9.17) is 4.74 Å². The van der Waals surface area contributed by atoms with Crippen molar-refractivity contribution in [1.29, 1.82) is 0 Å². The summed E-state index contributed by atoms with van der Waals surface area (Å²) in [6.45, 7) is 4.13. The summed E-state index contributed by atoms with van der Waals surface area (Å²) in [6.07, 6.45) is 0.642. The second kappa shape index (κ2) is 6.65. The van der Waals surface area contributed by atoms with Crippen molar-refractivity contribution < 1.29 is 13.2 Å². The van der Waals surface area contributed by atoms with Crippen molar-refractivity contribution in [3.8, 4) is 0 Å². The first-order valence-corrected chi connectivity index (χ1v) is 7.92. The van der Waals surface area contributed by atoms with Gasteiger partial charge in [0.25, 0.3) is 0 Å². The Morgan fingerprint density at radius 1 is 1.44 bits per heavy atom. The van der Waals surface area contributed by atoms with E-state index >= 15 is 0 Å². The molecular weight excluding hydrogens is 318 g/mol. The van der Waals surface area contributed by atoms with Crippen LogP contribution >= 0.6 is 15.9 Å². The predicted octanol–water partition coefficient (Wildman–Crippen LogP) is 2.46. The van der Waals surface area contributed by atoms with Crippen molar-refractivity contribution in [3.05, 3.63) is 28.2 Å². The van der Waals surface area contributed by atoms with Crippen molar-refractivity contribution in [2.45, 2.75) is 31.2 Å². The minimum absolute atomic E-state index is 0.159. The van der Waals surface area contributed by atoms with E-state index in [1.807, 2.05) is 13.0 Å². The lowest BCUT2D eigenvalue weighted by atomic mass is 10.2. The first-order valence-electron chi connectivity index (χ1n) is 5.64. The second-order valence-corrected chi connectivity index (χ2v) is 6.81. The summed E-state index contributed by atoms with van der Waals surface area (Å²) in [5.41, 5.74) is 0.727. The number of sulfonamides is 1. The highest BCUT2D eigenvalue weighted by Crippen LogP contribution is 2.20. The Kier molecular flexibility index (Phi) is 5.78. The van der Waals surface area contributed by atoms with E-state index in [0.717, 1.165) is 10.0 Å². The Morgan fingerprint density at radius 3 is 2.72 bits per heavy atom. The van der Waals surface area contributed by atoms with Crippen molar-refractivity contribution in [2.75, 3.05) is 13.7 Å². The molecule has 0 fully saturated rings. The first kappa shape index (κ1) is 15.6. The van der Waals surface area contributed by atoms with E-state index in [9.17, 15) is 8.42 Å². The second-order valence-electron chi connectivity index (χ2n) is 4.21. The smallest absolute Gasteiger partial charge is 0.241 e. The van der Waals surface area contributed by atoms with Gasteiger partial charge in [-0.2, -0.15) is 0 Å². The van der Waals surface area contributed by atoms with E-state index in [0.29, 0.717) is 17.9 Å². The topological polar surface area (TPSA) is 55.4 Å². The highest BCUT2D eigenvalue weighted by atomic mass is 79.9. The van der Waals surface area contributed by atoms with Gasteiger partial charge in [-0.1, -0.05) is 22.0 Å². The SMILES string of the molecule is COCCC(C)NS(=O)(=O)c1cc(Br)ccc1C. The van der Waals surface area contributed by atoms with Gasteiger partial charge in [0.15, 0.2) is 0 Å². The van der Waals surface area contributed by atoms with Gasteiger partial charge >= 0.3 is 0 Å². The lowest BCUT2D eigenvalue weighted by Gasteiger charge is -2.15. The molecule has 1 aromatic carbocycles. The van der Waals surface area contributed by atoms with Crippen molar-refractivity contribution in [3.63, 3.8) is 0 Å². The minimum Gasteiger partial charge on any atom is -0.385 e. The molecule has 0 heterocycles. The van der Waals surface area contributed by atoms with Crippen LogP contribution in [0, 0.1) is 6.92 Å². The summed E-state index contributed by atoms with van der Waals surface area (Å²) in [4.78, 5) is 0.307. The van der Waals surface area contributed by atoms with Crippen LogP contribution in [0.4, 0.5) is 0 Å². The molecule has 0 aliphatic heterocycles. The van der Waals surface area contributed by atoms with Gasteiger partial charge in [0.1, 0.15) is 0 Å². The van der Waals surface area contributed by atoms with Gasteiger partial charge < -0.3 is 4.74 Å². The normalized spacial score (nSPS) is 13.6. The standard InChI is InChI=1S/C12H18BrNO3S/c1-9-4-5-11(13)8-12(9)18(15,16)14-10(2)6-7-17-3/h4-5,8,10,14H,6-7H2,1-3H3. The Labute approximate surface area is 117 Å². The number of rotatable bonds is 6. The third-order valence-corrected chi connectivity index (χ3v) is 4.78. The Bertz CT molecular complexity index is 502. The summed E-state index contributed by atoms with van der Waals surface area (Å²) in [5.74, 6) is 0. The summed E-state index contributed by atoms with van der Waals surface area (Å²) in [5, 5.41) is 0. The molecule has 4 nitrogen and oxygen atoms in total. The molecule has 1 N–H and O–H groups in total.